The third-order valence-corrected chi connectivity index (χ3v) is 1.72. The molecule has 0 radical (unpaired) electrons. The Labute approximate surface area is 104 Å². The molecule has 17 heavy (non-hydrogen) atoms. The molecule has 2 rings (SSSR count). The lowest BCUT2D eigenvalue weighted by molar-refractivity contribution is 0.399. The quantitative estimate of drug-likeness (QED) is 0.844. The number of benzene rings is 2. The van der Waals surface area contributed by atoms with Gasteiger partial charge in [0.1, 0.15) is 11.5 Å². The summed E-state index contributed by atoms with van der Waals surface area (Å²) in [6.45, 7) is 4.00. The van der Waals surface area contributed by atoms with Gasteiger partial charge in [-0.05, 0) is 24.3 Å². The van der Waals surface area contributed by atoms with Crippen molar-refractivity contribution in [2.45, 2.75) is 13.8 Å². The predicted octanol–water partition coefficient (Wildman–Crippen LogP) is 4.11. The molecule has 0 bridgehead atoms. The maximum absolute atomic E-state index is 7.00. The largest absolute Gasteiger partial charge is 0.457 e. The minimum atomic E-state index is 0.869. The monoisotopic (exact) mass is 232 g/mol. The molecule has 92 valence electrons. The van der Waals surface area contributed by atoms with Crippen molar-refractivity contribution in [2.75, 3.05) is 7.11 Å². The standard InChI is InChI=1S/C12H10O.C2H6.CH4O/c1-3-7-11(8-4-1)13-12-9-5-2-6-10-12;2*1-2/h1-10H;1-2H3;2H,1H3. The highest BCUT2D eigenvalue weighted by molar-refractivity contribution is 5.30. The number of para-hydroxylation sites is 2. The highest BCUT2D eigenvalue weighted by atomic mass is 16.5. The molecule has 2 heteroatoms. The number of aliphatic hydroxyl groups is 1. The second kappa shape index (κ2) is 10.7. The van der Waals surface area contributed by atoms with Crippen LogP contribution in [0.3, 0.4) is 0 Å². The molecule has 0 heterocycles. The van der Waals surface area contributed by atoms with Crippen LogP contribution in [-0.2, 0) is 0 Å². The summed E-state index contributed by atoms with van der Waals surface area (Å²) < 4.78 is 5.58. The zero-order valence-corrected chi connectivity index (χ0v) is 10.6. The SMILES string of the molecule is CC.CO.c1ccc(Oc2ccccc2)cc1. The Morgan fingerprint density at radius 1 is 0.647 bits per heavy atom. The fourth-order valence-electron chi connectivity index (χ4n) is 1.11. The van der Waals surface area contributed by atoms with E-state index in [0.29, 0.717) is 0 Å². The summed E-state index contributed by atoms with van der Waals surface area (Å²) >= 11 is 0. The fourth-order valence-corrected chi connectivity index (χ4v) is 1.11. The third-order valence-electron chi connectivity index (χ3n) is 1.72. The summed E-state index contributed by atoms with van der Waals surface area (Å²) in [7, 11) is 1.00. The number of hydrogen-bond acceptors (Lipinski definition) is 2. The van der Waals surface area contributed by atoms with Crippen LogP contribution in [0.15, 0.2) is 60.7 Å². The van der Waals surface area contributed by atoms with Crippen LogP contribution in [0.1, 0.15) is 13.8 Å². The van der Waals surface area contributed by atoms with Crippen molar-refractivity contribution in [1.29, 1.82) is 0 Å². The number of hydrogen-bond donors (Lipinski definition) is 1. The second-order valence-electron chi connectivity index (χ2n) is 2.73. The topological polar surface area (TPSA) is 29.5 Å². The highest BCUT2D eigenvalue weighted by Gasteiger charge is 1.92. The van der Waals surface area contributed by atoms with E-state index in [1.165, 1.54) is 0 Å². The van der Waals surface area contributed by atoms with Gasteiger partial charge < -0.3 is 9.84 Å². The minimum Gasteiger partial charge on any atom is -0.457 e. The van der Waals surface area contributed by atoms with Gasteiger partial charge in [-0.1, -0.05) is 50.2 Å². The summed E-state index contributed by atoms with van der Waals surface area (Å²) in [5.74, 6) is 1.74. The Bertz CT molecular complexity index is 320. The molecule has 0 saturated carbocycles. The highest BCUT2D eigenvalue weighted by Crippen LogP contribution is 2.19. The molecule has 2 aromatic carbocycles. The van der Waals surface area contributed by atoms with Crippen LogP contribution >= 0.6 is 0 Å². The number of rotatable bonds is 2. The summed E-state index contributed by atoms with van der Waals surface area (Å²) in [6, 6.07) is 19.5. The number of aliphatic hydroxyl groups excluding tert-OH is 1. The van der Waals surface area contributed by atoms with E-state index in [-0.39, 0.29) is 0 Å². The van der Waals surface area contributed by atoms with Gasteiger partial charge in [-0.15, -0.1) is 0 Å². The van der Waals surface area contributed by atoms with Crippen molar-refractivity contribution in [3.63, 3.8) is 0 Å². The maximum atomic E-state index is 7.00. The first kappa shape index (κ1) is 15.2. The van der Waals surface area contributed by atoms with Crippen LogP contribution in [0.25, 0.3) is 0 Å². The molecule has 2 nitrogen and oxygen atoms in total. The second-order valence-corrected chi connectivity index (χ2v) is 2.73. The van der Waals surface area contributed by atoms with E-state index in [1.54, 1.807) is 0 Å². The summed E-state index contributed by atoms with van der Waals surface area (Å²) in [4.78, 5) is 0. The smallest absolute Gasteiger partial charge is 0.127 e. The van der Waals surface area contributed by atoms with Crippen molar-refractivity contribution in [3.05, 3.63) is 60.7 Å². The Balaban J connectivity index is 0.000000581. The lowest BCUT2D eigenvalue weighted by atomic mass is 10.3. The zero-order valence-electron chi connectivity index (χ0n) is 10.6. The Hall–Kier alpha value is -1.80. The van der Waals surface area contributed by atoms with Gasteiger partial charge in [-0.25, -0.2) is 0 Å². The Morgan fingerprint density at radius 3 is 1.24 bits per heavy atom. The van der Waals surface area contributed by atoms with Crippen LogP contribution in [0.4, 0.5) is 0 Å². The zero-order chi connectivity index (χ0) is 12.9. The summed E-state index contributed by atoms with van der Waals surface area (Å²) in [5.41, 5.74) is 0. The van der Waals surface area contributed by atoms with Crippen molar-refractivity contribution >= 4 is 0 Å². The van der Waals surface area contributed by atoms with Gasteiger partial charge in [-0.2, -0.15) is 0 Å². The van der Waals surface area contributed by atoms with Gasteiger partial charge >= 0.3 is 0 Å². The first-order valence-electron chi connectivity index (χ1n) is 5.68. The van der Waals surface area contributed by atoms with E-state index in [1.807, 2.05) is 74.5 Å². The van der Waals surface area contributed by atoms with E-state index >= 15 is 0 Å². The molecule has 0 spiro atoms. The van der Waals surface area contributed by atoms with Gasteiger partial charge in [0.2, 0.25) is 0 Å². The molecule has 0 aromatic heterocycles. The first-order chi connectivity index (χ1) is 8.45. The van der Waals surface area contributed by atoms with Gasteiger partial charge in [-0.3, -0.25) is 0 Å². The van der Waals surface area contributed by atoms with Gasteiger partial charge in [0.25, 0.3) is 0 Å². The molecule has 0 amide bonds. The van der Waals surface area contributed by atoms with Crippen LogP contribution in [0.5, 0.6) is 11.5 Å². The van der Waals surface area contributed by atoms with Crippen molar-refractivity contribution in [1.82, 2.24) is 0 Å². The predicted molar refractivity (Wildman–Crippen MR) is 72.4 cm³/mol. The van der Waals surface area contributed by atoms with Gasteiger partial charge in [0.15, 0.2) is 0 Å². The lowest BCUT2D eigenvalue weighted by Crippen LogP contribution is -1.81. The molecule has 0 saturated heterocycles. The van der Waals surface area contributed by atoms with Crippen LogP contribution in [0, 0.1) is 0 Å². The van der Waals surface area contributed by atoms with Gasteiger partial charge in [0, 0.05) is 7.11 Å². The molecule has 0 aliphatic heterocycles. The van der Waals surface area contributed by atoms with E-state index in [9.17, 15) is 0 Å². The van der Waals surface area contributed by atoms with E-state index < -0.39 is 0 Å². The third kappa shape index (κ3) is 6.38. The van der Waals surface area contributed by atoms with Crippen LogP contribution < -0.4 is 4.74 Å². The Kier molecular flexibility index (Phi) is 9.58. The minimum absolute atomic E-state index is 0.869. The molecule has 2 aromatic rings. The molecule has 1 N–H and O–H groups in total. The molecule has 0 atom stereocenters. The maximum Gasteiger partial charge on any atom is 0.127 e. The van der Waals surface area contributed by atoms with Gasteiger partial charge in [0.05, 0.1) is 0 Å². The average molecular weight is 232 g/mol. The fraction of sp³-hybridized carbons (Fsp3) is 0.200. The molecule has 0 aliphatic carbocycles. The first-order valence-corrected chi connectivity index (χ1v) is 5.68. The van der Waals surface area contributed by atoms with E-state index in [0.717, 1.165) is 18.6 Å². The summed E-state index contributed by atoms with van der Waals surface area (Å²) in [5, 5.41) is 7.00. The molecule has 0 unspecified atom stereocenters. The average Bonchev–Trinajstić information content (AvgIpc) is 2.45. The normalized spacial score (nSPS) is 8.00. The van der Waals surface area contributed by atoms with Crippen molar-refractivity contribution < 1.29 is 9.84 Å². The number of ether oxygens (including phenoxy) is 1. The molecule has 0 fully saturated rings. The molecular weight excluding hydrogens is 212 g/mol. The van der Waals surface area contributed by atoms with E-state index in [2.05, 4.69) is 0 Å². The van der Waals surface area contributed by atoms with E-state index in [4.69, 9.17) is 9.84 Å². The van der Waals surface area contributed by atoms with Crippen LogP contribution in [-0.4, -0.2) is 12.2 Å². The van der Waals surface area contributed by atoms with Crippen molar-refractivity contribution in [3.8, 4) is 11.5 Å². The molecule has 0 aliphatic rings. The van der Waals surface area contributed by atoms with Crippen molar-refractivity contribution in [2.24, 2.45) is 0 Å². The van der Waals surface area contributed by atoms with Crippen LogP contribution in [0.2, 0.25) is 0 Å². The lowest BCUT2D eigenvalue weighted by Gasteiger charge is -2.03. The summed E-state index contributed by atoms with van der Waals surface area (Å²) in [6.07, 6.45) is 0. The molecular formula is C15H20O2. The Morgan fingerprint density at radius 2 is 0.941 bits per heavy atom.